The van der Waals surface area contributed by atoms with Crippen LogP contribution in [0.15, 0.2) is 12.1 Å². The topological polar surface area (TPSA) is 52.6 Å². The number of amides is 3. The van der Waals surface area contributed by atoms with Crippen LogP contribution in [0, 0.1) is 5.92 Å². The van der Waals surface area contributed by atoms with Gasteiger partial charge in [-0.3, -0.25) is 9.69 Å². The first-order valence-corrected chi connectivity index (χ1v) is 8.16. The number of hydrogen-bond donors (Lipinski definition) is 1. The van der Waals surface area contributed by atoms with Crippen molar-refractivity contribution in [3.05, 3.63) is 21.3 Å². The summed E-state index contributed by atoms with van der Waals surface area (Å²) in [5.74, 6) is 0.187. The molecule has 1 N–H and O–H groups in total. The van der Waals surface area contributed by atoms with E-state index >= 15 is 0 Å². The average Bonchev–Trinajstić information content (AvgIpc) is 3.16. The maximum absolute atomic E-state index is 12.5. The molecule has 3 rings (SSSR count). The highest BCUT2D eigenvalue weighted by Gasteiger charge is 2.56. The van der Waals surface area contributed by atoms with E-state index in [1.54, 1.807) is 0 Å². The highest BCUT2D eigenvalue weighted by atomic mass is 35.5. The second-order valence-electron chi connectivity index (χ2n) is 6.00. The molecule has 3 amide bonds. The number of carbonyl (C=O) groups excluding carboxylic acids is 2. The third kappa shape index (κ3) is 2.80. The molecule has 0 aromatic carbocycles. The Morgan fingerprint density at radius 3 is 2.76 bits per heavy atom. The fourth-order valence-corrected chi connectivity index (χ4v) is 3.94. The Morgan fingerprint density at radius 1 is 1.48 bits per heavy atom. The number of imide groups is 1. The van der Waals surface area contributed by atoms with Crippen LogP contribution < -0.4 is 5.32 Å². The molecule has 2 fully saturated rings. The number of urea groups is 1. The number of nitrogens with one attached hydrogen (secondary N) is 1. The molecule has 0 bridgehead atoms. The van der Waals surface area contributed by atoms with E-state index < -0.39 is 5.54 Å². The standard InChI is InChI=1S/C14H18ClN3O2S/c1-14(9-3-4-9)12(19)18(13(20)16-14)8-17(2)7-10-5-6-11(15)21-10/h5-6,9H,3-4,7-8H2,1-2H3,(H,16,20)/t14-/m1/s1. The van der Waals surface area contributed by atoms with E-state index in [4.69, 9.17) is 11.6 Å². The van der Waals surface area contributed by atoms with Gasteiger partial charge >= 0.3 is 6.03 Å². The molecule has 1 aromatic heterocycles. The summed E-state index contributed by atoms with van der Waals surface area (Å²) in [7, 11) is 1.89. The predicted octanol–water partition coefficient (Wildman–Crippen LogP) is 2.51. The first-order chi connectivity index (χ1) is 9.90. The zero-order valence-electron chi connectivity index (χ0n) is 12.1. The molecule has 114 valence electrons. The molecule has 5 nitrogen and oxygen atoms in total. The van der Waals surface area contributed by atoms with Gasteiger partial charge in [-0.1, -0.05) is 11.6 Å². The Morgan fingerprint density at radius 2 is 2.19 bits per heavy atom. The van der Waals surface area contributed by atoms with Crippen molar-refractivity contribution in [3.8, 4) is 0 Å². The molecule has 21 heavy (non-hydrogen) atoms. The normalized spacial score (nSPS) is 25.8. The van der Waals surface area contributed by atoms with Crippen LogP contribution in [0.2, 0.25) is 4.34 Å². The lowest BCUT2D eigenvalue weighted by Gasteiger charge is -2.24. The Hall–Kier alpha value is -1.11. The first kappa shape index (κ1) is 14.8. The van der Waals surface area contributed by atoms with Gasteiger partial charge in [0.05, 0.1) is 11.0 Å². The molecular formula is C14H18ClN3O2S. The fraction of sp³-hybridized carbons (Fsp3) is 0.571. The van der Waals surface area contributed by atoms with E-state index in [9.17, 15) is 9.59 Å². The van der Waals surface area contributed by atoms with Crippen molar-refractivity contribution < 1.29 is 9.59 Å². The maximum Gasteiger partial charge on any atom is 0.326 e. The lowest BCUT2D eigenvalue weighted by molar-refractivity contribution is -0.132. The summed E-state index contributed by atoms with van der Waals surface area (Å²) in [5, 5.41) is 2.86. The second-order valence-corrected chi connectivity index (χ2v) is 7.80. The molecule has 1 aliphatic heterocycles. The molecule has 0 unspecified atom stereocenters. The van der Waals surface area contributed by atoms with Gasteiger partial charge < -0.3 is 5.32 Å². The van der Waals surface area contributed by atoms with E-state index in [-0.39, 0.29) is 11.9 Å². The third-order valence-electron chi connectivity index (χ3n) is 4.13. The SMILES string of the molecule is CN(Cc1ccc(Cl)s1)CN1C(=O)N[C@](C)(C2CC2)C1=O. The molecule has 7 heteroatoms. The minimum absolute atomic E-state index is 0.105. The summed E-state index contributed by atoms with van der Waals surface area (Å²) in [6, 6.07) is 3.53. The minimum Gasteiger partial charge on any atom is -0.323 e. The largest absolute Gasteiger partial charge is 0.326 e. The van der Waals surface area contributed by atoms with Crippen LogP contribution in [0.25, 0.3) is 0 Å². The molecule has 1 aromatic rings. The molecule has 1 aliphatic carbocycles. The van der Waals surface area contributed by atoms with Gasteiger partial charge in [-0.25, -0.2) is 9.69 Å². The predicted molar refractivity (Wildman–Crippen MR) is 82.2 cm³/mol. The van der Waals surface area contributed by atoms with Crippen LogP contribution in [0.3, 0.4) is 0 Å². The smallest absolute Gasteiger partial charge is 0.323 e. The molecule has 2 heterocycles. The van der Waals surface area contributed by atoms with Gasteiger partial charge in [0.1, 0.15) is 5.54 Å². The Balaban J connectivity index is 1.64. The van der Waals surface area contributed by atoms with Crippen molar-refractivity contribution in [1.82, 2.24) is 15.1 Å². The van der Waals surface area contributed by atoms with Crippen LogP contribution in [0.4, 0.5) is 4.79 Å². The zero-order chi connectivity index (χ0) is 15.2. The molecule has 1 saturated carbocycles. The highest BCUT2D eigenvalue weighted by Crippen LogP contribution is 2.42. The van der Waals surface area contributed by atoms with Gasteiger partial charge in [0.25, 0.3) is 5.91 Å². The van der Waals surface area contributed by atoms with Crippen LogP contribution >= 0.6 is 22.9 Å². The van der Waals surface area contributed by atoms with Crippen molar-refractivity contribution in [2.24, 2.45) is 5.92 Å². The van der Waals surface area contributed by atoms with Crippen LogP contribution in [0.1, 0.15) is 24.6 Å². The van der Waals surface area contributed by atoms with Gasteiger partial charge in [-0.05, 0) is 44.9 Å². The number of halogens is 1. The van der Waals surface area contributed by atoms with Crippen molar-refractivity contribution in [1.29, 1.82) is 0 Å². The summed E-state index contributed by atoms with van der Waals surface area (Å²) >= 11 is 7.42. The lowest BCUT2D eigenvalue weighted by Crippen LogP contribution is -2.46. The van der Waals surface area contributed by atoms with Crippen molar-refractivity contribution in [3.63, 3.8) is 0 Å². The summed E-state index contributed by atoms with van der Waals surface area (Å²) in [4.78, 5) is 28.9. The summed E-state index contributed by atoms with van der Waals surface area (Å²) < 4.78 is 0.745. The summed E-state index contributed by atoms with van der Waals surface area (Å²) in [6.07, 6.45) is 2.03. The van der Waals surface area contributed by atoms with E-state index in [0.717, 1.165) is 22.1 Å². The Kier molecular flexibility index (Phi) is 3.71. The highest BCUT2D eigenvalue weighted by molar-refractivity contribution is 7.16. The Bertz CT molecular complexity index is 587. The van der Waals surface area contributed by atoms with E-state index in [1.165, 1.54) is 16.2 Å². The fourth-order valence-electron chi connectivity index (χ4n) is 2.78. The lowest BCUT2D eigenvalue weighted by atomic mass is 9.96. The van der Waals surface area contributed by atoms with Crippen LogP contribution in [-0.2, 0) is 11.3 Å². The van der Waals surface area contributed by atoms with Gasteiger partial charge in [0, 0.05) is 11.4 Å². The second kappa shape index (κ2) is 5.26. The third-order valence-corrected chi connectivity index (χ3v) is 5.35. The van der Waals surface area contributed by atoms with E-state index in [1.807, 2.05) is 31.0 Å². The number of carbonyl (C=O) groups is 2. The van der Waals surface area contributed by atoms with Crippen molar-refractivity contribution in [2.45, 2.75) is 31.8 Å². The van der Waals surface area contributed by atoms with Crippen LogP contribution in [0.5, 0.6) is 0 Å². The van der Waals surface area contributed by atoms with E-state index in [2.05, 4.69) is 5.32 Å². The zero-order valence-corrected chi connectivity index (χ0v) is 13.6. The first-order valence-electron chi connectivity index (χ1n) is 6.97. The Labute approximate surface area is 132 Å². The molecule has 0 radical (unpaired) electrons. The van der Waals surface area contributed by atoms with Crippen molar-refractivity contribution in [2.75, 3.05) is 13.7 Å². The van der Waals surface area contributed by atoms with Gasteiger partial charge in [0.15, 0.2) is 0 Å². The van der Waals surface area contributed by atoms with Crippen molar-refractivity contribution >= 4 is 34.9 Å². The molecule has 1 saturated heterocycles. The maximum atomic E-state index is 12.5. The summed E-state index contributed by atoms with van der Waals surface area (Å²) in [6.45, 7) is 2.79. The monoisotopic (exact) mass is 327 g/mol. The number of nitrogens with zero attached hydrogens (tertiary/aromatic N) is 2. The molecule has 1 atom stereocenters. The molecular weight excluding hydrogens is 310 g/mol. The van der Waals surface area contributed by atoms with Crippen LogP contribution in [-0.4, -0.2) is 41.0 Å². The van der Waals surface area contributed by atoms with E-state index in [0.29, 0.717) is 19.1 Å². The average molecular weight is 328 g/mol. The van der Waals surface area contributed by atoms with Gasteiger partial charge in [0.2, 0.25) is 0 Å². The molecule has 0 spiro atoms. The quantitative estimate of drug-likeness (QED) is 0.845. The number of thiophene rings is 1. The number of hydrogen-bond acceptors (Lipinski definition) is 4. The number of rotatable bonds is 5. The molecule has 2 aliphatic rings. The van der Waals surface area contributed by atoms with Gasteiger partial charge in [-0.15, -0.1) is 11.3 Å². The summed E-state index contributed by atoms with van der Waals surface area (Å²) in [5.41, 5.74) is -0.704. The van der Waals surface area contributed by atoms with Gasteiger partial charge in [-0.2, -0.15) is 0 Å². The minimum atomic E-state index is -0.704.